The molecule has 0 bridgehead atoms. The summed E-state index contributed by atoms with van der Waals surface area (Å²) in [6, 6.07) is 5.33. The maximum atomic E-state index is 11.9. The van der Waals surface area contributed by atoms with E-state index in [4.69, 9.17) is 4.74 Å². The van der Waals surface area contributed by atoms with Gasteiger partial charge in [0.15, 0.2) is 6.61 Å². The lowest BCUT2D eigenvalue weighted by molar-refractivity contribution is -0.151. The number of benzene rings is 1. The van der Waals surface area contributed by atoms with E-state index >= 15 is 0 Å². The van der Waals surface area contributed by atoms with Gasteiger partial charge in [-0.2, -0.15) is 8.78 Å². The summed E-state index contributed by atoms with van der Waals surface area (Å²) in [4.78, 5) is 22.6. The maximum Gasteiger partial charge on any atom is 0.387 e. The lowest BCUT2D eigenvalue weighted by atomic mass is 10.3. The number of carbonyl (C=O) groups is 2. The van der Waals surface area contributed by atoms with Crippen LogP contribution in [0.5, 0.6) is 5.75 Å². The highest BCUT2D eigenvalue weighted by atomic mass is 19.3. The molecular weight excluding hydrogens is 288 g/mol. The summed E-state index contributed by atoms with van der Waals surface area (Å²) in [6.45, 7) is -1.49. The van der Waals surface area contributed by atoms with Crippen LogP contribution in [0.4, 0.5) is 14.5 Å². The Balaban J connectivity index is 2.35. The van der Waals surface area contributed by atoms with E-state index in [1.807, 2.05) is 0 Å². The van der Waals surface area contributed by atoms with Crippen LogP contribution in [0.2, 0.25) is 0 Å². The second kappa shape index (κ2) is 8.85. The first-order valence-corrected chi connectivity index (χ1v) is 6.09. The first-order chi connectivity index (χ1) is 10.0. The molecule has 1 aromatic rings. The van der Waals surface area contributed by atoms with Crippen molar-refractivity contribution in [3.63, 3.8) is 0 Å². The van der Waals surface area contributed by atoms with Crippen LogP contribution in [0.3, 0.4) is 0 Å². The van der Waals surface area contributed by atoms with Gasteiger partial charge in [0.1, 0.15) is 12.4 Å². The zero-order chi connectivity index (χ0) is 15.7. The Morgan fingerprint density at radius 2 is 1.86 bits per heavy atom. The van der Waals surface area contributed by atoms with Crippen molar-refractivity contribution in [2.24, 2.45) is 0 Å². The second-order valence-electron chi connectivity index (χ2n) is 3.75. The van der Waals surface area contributed by atoms with Gasteiger partial charge in [0.25, 0.3) is 5.91 Å². The SMILES string of the molecule is CCOCC(=O)OCC(=O)Nc1ccc(OC(F)F)cc1. The molecule has 0 saturated heterocycles. The number of nitrogens with one attached hydrogen (secondary N) is 1. The van der Waals surface area contributed by atoms with E-state index in [2.05, 4.69) is 14.8 Å². The van der Waals surface area contributed by atoms with Gasteiger partial charge in [-0.15, -0.1) is 0 Å². The zero-order valence-electron chi connectivity index (χ0n) is 11.3. The Hall–Kier alpha value is -2.22. The fourth-order valence-corrected chi connectivity index (χ4v) is 1.29. The molecule has 0 aliphatic heterocycles. The Morgan fingerprint density at radius 1 is 1.19 bits per heavy atom. The van der Waals surface area contributed by atoms with E-state index < -0.39 is 25.1 Å². The normalized spacial score (nSPS) is 10.3. The highest BCUT2D eigenvalue weighted by molar-refractivity contribution is 5.92. The molecule has 0 radical (unpaired) electrons. The van der Waals surface area contributed by atoms with E-state index in [0.717, 1.165) is 0 Å². The first kappa shape index (κ1) is 16.8. The summed E-state index contributed by atoms with van der Waals surface area (Å²) in [5, 5.41) is 2.43. The Kier molecular flexibility index (Phi) is 7.10. The smallest absolute Gasteiger partial charge is 0.387 e. The summed E-state index contributed by atoms with van der Waals surface area (Å²) < 4.78 is 37.5. The van der Waals surface area contributed by atoms with Crippen LogP contribution in [0.15, 0.2) is 24.3 Å². The fraction of sp³-hybridized carbons (Fsp3) is 0.385. The predicted molar refractivity (Wildman–Crippen MR) is 69.2 cm³/mol. The van der Waals surface area contributed by atoms with Crippen molar-refractivity contribution in [3.05, 3.63) is 24.3 Å². The zero-order valence-corrected chi connectivity index (χ0v) is 11.3. The molecule has 21 heavy (non-hydrogen) atoms. The van der Waals surface area contributed by atoms with Crippen LogP contribution in [0, 0.1) is 0 Å². The van der Waals surface area contributed by atoms with E-state index in [9.17, 15) is 18.4 Å². The number of alkyl halides is 2. The minimum atomic E-state index is -2.91. The lowest BCUT2D eigenvalue weighted by Crippen LogP contribution is -2.22. The molecule has 1 N–H and O–H groups in total. The highest BCUT2D eigenvalue weighted by Gasteiger charge is 2.08. The van der Waals surface area contributed by atoms with Crippen molar-refractivity contribution in [1.29, 1.82) is 0 Å². The molecule has 1 rings (SSSR count). The Morgan fingerprint density at radius 3 is 2.43 bits per heavy atom. The number of amides is 1. The molecule has 6 nitrogen and oxygen atoms in total. The van der Waals surface area contributed by atoms with Crippen molar-refractivity contribution in [2.45, 2.75) is 13.5 Å². The molecule has 0 aromatic heterocycles. The van der Waals surface area contributed by atoms with Crippen LogP contribution >= 0.6 is 0 Å². The minimum absolute atomic E-state index is 0.0221. The van der Waals surface area contributed by atoms with Gasteiger partial charge >= 0.3 is 12.6 Å². The Labute approximate surface area is 120 Å². The van der Waals surface area contributed by atoms with Gasteiger partial charge in [0.05, 0.1) is 0 Å². The first-order valence-electron chi connectivity index (χ1n) is 6.09. The van der Waals surface area contributed by atoms with Gasteiger partial charge < -0.3 is 19.5 Å². The summed E-state index contributed by atoms with van der Waals surface area (Å²) in [6.07, 6.45) is 0. The van der Waals surface area contributed by atoms with Crippen molar-refractivity contribution in [1.82, 2.24) is 0 Å². The standard InChI is InChI=1S/C13H15F2NO5/c1-2-19-8-12(18)20-7-11(17)16-9-3-5-10(6-4-9)21-13(14)15/h3-6,13H,2,7-8H2,1H3,(H,16,17). The molecule has 116 valence electrons. The average Bonchev–Trinajstić information content (AvgIpc) is 2.44. The van der Waals surface area contributed by atoms with Gasteiger partial charge in [0.2, 0.25) is 0 Å². The third-order valence-corrected chi connectivity index (χ3v) is 2.15. The van der Waals surface area contributed by atoms with Crippen LogP contribution in [0.25, 0.3) is 0 Å². The van der Waals surface area contributed by atoms with Gasteiger partial charge in [-0.3, -0.25) is 4.79 Å². The molecule has 0 spiro atoms. The summed E-state index contributed by atoms with van der Waals surface area (Å²) >= 11 is 0. The fourth-order valence-electron chi connectivity index (χ4n) is 1.29. The summed E-state index contributed by atoms with van der Waals surface area (Å²) in [5.74, 6) is -1.22. The molecule has 8 heteroatoms. The van der Waals surface area contributed by atoms with Gasteiger partial charge in [0, 0.05) is 12.3 Å². The monoisotopic (exact) mass is 303 g/mol. The van der Waals surface area contributed by atoms with E-state index in [0.29, 0.717) is 12.3 Å². The van der Waals surface area contributed by atoms with Crippen LogP contribution in [-0.4, -0.2) is 38.3 Å². The minimum Gasteiger partial charge on any atom is -0.454 e. The van der Waals surface area contributed by atoms with Crippen LogP contribution in [-0.2, 0) is 19.1 Å². The number of hydrogen-bond donors (Lipinski definition) is 1. The van der Waals surface area contributed by atoms with Gasteiger partial charge in [-0.05, 0) is 31.2 Å². The Bertz CT molecular complexity index is 464. The quantitative estimate of drug-likeness (QED) is 0.741. The molecule has 1 aromatic carbocycles. The number of ether oxygens (including phenoxy) is 3. The second-order valence-corrected chi connectivity index (χ2v) is 3.75. The molecule has 0 aliphatic rings. The molecule has 1 amide bonds. The van der Waals surface area contributed by atoms with Gasteiger partial charge in [-0.25, -0.2) is 4.79 Å². The number of carbonyl (C=O) groups excluding carboxylic acids is 2. The van der Waals surface area contributed by atoms with Crippen molar-refractivity contribution in [3.8, 4) is 5.75 Å². The van der Waals surface area contributed by atoms with Crippen molar-refractivity contribution in [2.75, 3.05) is 25.1 Å². The number of halogens is 2. The van der Waals surface area contributed by atoms with Crippen LogP contribution in [0.1, 0.15) is 6.92 Å². The van der Waals surface area contributed by atoms with Crippen molar-refractivity contribution >= 4 is 17.6 Å². The maximum absolute atomic E-state index is 11.9. The van der Waals surface area contributed by atoms with Crippen LogP contribution < -0.4 is 10.1 Å². The predicted octanol–water partition coefficient (Wildman–Crippen LogP) is 1.81. The topological polar surface area (TPSA) is 73.9 Å². The molecule has 0 fully saturated rings. The largest absolute Gasteiger partial charge is 0.454 e. The van der Waals surface area contributed by atoms with E-state index in [1.165, 1.54) is 24.3 Å². The van der Waals surface area contributed by atoms with E-state index in [-0.39, 0.29) is 12.4 Å². The number of hydrogen-bond acceptors (Lipinski definition) is 5. The summed E-state index contributed by atoms with van der Waals surface area (Å²) in [7, 11) is 0. The molecule has 0 unspecified atom stereocenters. The third-order valence-electron chi connectivity index (χ3n) is 2.15. The lowest BCUT2D eigenvalue weighted by Gasteiger charge is -2.08. The summed E-state index contributed by atoms with van der Waals surface area (Å²) in [5.41, 5.74) is 0.363. The number of anilines is 1. The highest BCUT2D eigenvalue weighted by Crippen LogP contribution is 2.17. The molecule has 0 aliphatic carbocycles. The third kappa shape index (κ3) is 7.21. The van der Waals surface area contributed by atoms with E-state index in [1.54, 1.807) is 6.92 Å². The molecule has 0 saturated carbocycles. The molecular formula is C13H15F2NO5. The molecule has 0 heterocycles. The average molecular weight is 303 g/mol. The number of esters is 1. The van der Waals surface area contributed by atoms with Gasteiger partial charge in [-0.1, -0.05) is 0 Å². The molecule has 0 atom stereocenters. The van der Waals surface area contributed by atoms with Crippen molar-refractivity contribution < 1.29 is 32.6 Å². The number of rotatable bonds is 8.